The Morgan fingerprint density at radius 1 is 1.33 bits per heavy atom. The van der Waals surface area contributed by atoms with Crippen molar-refractivity contribution in [1.82, 2.24) is 4.31 Å². The van der Waals surface area contributed by atoms with Crippen LogP contribution < -0.4 is 4.74 Å². The van der Waals surface area contributed by atoms with Gasteiger partial charge in [-0.25, -0.2) is 8.42 Å². The summed E-state index contributed by atoms with van der Waals surface area (Å²) in [5, 5.41) is 1.75. The molecular formula is C14H16BrNO3S2. The van der Waals surface area contributed by atoms with Crippen molar-refractivity contribution >= 4 is 37.3 Å². The van der Waals surface area contributed by atoms with Gasteiger partial charge in [-0.1, -0.05) is 17.7 Å². The molecule has 1 aromatic carbocycles. The van der Waals surface area contributed by atoms with Crippen LogP contribution in [-0.4, -0.2) is 26.9 Å². The van der Waals surface area contributed by atoms with E-state index in [4.69, 9.17) is 4.74 Å². The molecule has 114 valence electrons. The van der Waals surface area contributed by atoms with Gasteiger partial charge in [-0.2, -0.15) is 4.31 Å². The van der Waals surface area contributed by atoms with E-state index in [0.29, 0.717) is 14.4 Å². The molecule has 0 aliphatic rings. The lowest BCUT2D eigenvalue weighted by atomic mass is 10.1. The first-order valence-corrected chi connectivity index (χ1v) is 9.30. The van der Waals surface area contributed by atoms with Crippen molar-refractivity contribution in [3.63, 3.8) is 0 Å². The zero-order valence-electron chi connectivity index (χ0n) is 12.0. The van der Waals surface area contributed by atoms with Gasteiger partial charge in [0.2, 0.25) is 0 Å². The third-order valence-corrected chi connectivity index (χ3v) is 7.51. The average molecular weight is 390 g/mol. The lowest BCUT2D eigenvalue weighted by Gasteiger charge is -2.18. The number of rotatable bonds is 5. The number of ether oxygens (including phenoxy) is 1. The van der Waals surface area contributed by atoms with E-state index in [-0.39, 0.29) is 6.54 Å². The fourth-order valence-electron chi connectivity index (χ4n) is 1.96. The molecule has 0 aliphatic heterocycles. The molecule has 0 N–H and O–H groups in total. The Hall–Kier alpha value is -0.890. The number of sulfonamides is 1. The maximum atomic E-state index is 12.6. The van der Waals surface area contributed by atoms with Crippen LogP contribution in [0.1, 0.15) is 11.1 Å². The van der Waals surface area contributed by atoms with Crippen LogP contribution in [0, 0.1) is 6.92 Å². The highest BCUT2D eigenvalue weighted by atomic mass is 79.9. The van der Waals surface area contributed by atoms with E-state index in [2.05, 4.69) is 15.9 Å². The maximum Gasteiger partial charge on any atom is 0.253 e. The van der Waals surface area contributed by atoms with Crippen LogP contribution in [0.4, 0.5) is 0 Å². The molecule has 0 fully saturated rings. The van der Waals surface area contributed by atoms with Crippen LogP contribution >= 0.6 is 27.3 Å². The van der Waals surface area contributed by atoms with Gasteiger partial charge in [0.1, 0.15) is 9.96 Å². The van der Waals surface area contributed by atoms with Crippen LogP contribution in [-0.2, 0) is 16.6 Å². The van der Waals surface area contributed by atoms with Crippen molar-refractivity contribution in [3.05, 3.63) is 45.2 Å². The number of halogens is 1. The fourth-order valence-corrected chi connectivity index (χ4v) is 5.61. The zero-order chi connectivity index (χ0) is 15.6. The van der Waals surface area contributed by atoms with Crippen LogP contribution in [0.5, 0.6) is 5.75 Å². The predicted octanol–water partition coefficient (Wildman–Crippen LogP) is 3.65. The van der Waals surface area contributed by atoms with Crippen LogP contribution in [0.15, 0.2) is 38.3 Å². The first-order chi connectivity index (χ1) is 9.86. The Labute approximate surface area is 137 Å². The quantitative estimate of drug-likeness (QED) is 0.783. The molecule has 0 radical (unpaired) electrons. The Morgan fingerprint density at radius 2 is 2.05 bits per heavy atom. The molecular weight excluding hydrogens is 374 g/mol. The standard InChI is InChI=1S/C14H16BrNO3S2/c1-10-4-5-13(19-3)11(8-10)9-16(2)21(17,18)14-12(15)6-7-20-14/h4-8H,9H2,1-3H3. The smallest absolute Gasteiger partial charge is 0.253 e. The van der Waals surface area contributed by atoms with Crippen LogP contribution in [0.2, 0.25) is 0 Å². The number of hydrogen-bond acceptors (Lipinski definition) is 4. The Balaban J connectivity index is 2.32. The summed E-state index contributed by atoms with van der Waals surface area (Å²) >= 11 is 4.48. The van der Waals surface area contributed by atoms with Crippen molar-refractivity contribution in [1.29, 1.82) is 0 Å². The molecule has 0 amide bonds. The second kappa shape index (κ2) is 6.48. The fraction of sp³-hybridized carbons (Fsp3) is 0.286. The molecule has 0 atom stereocenters. The van der Waals surface area contributed by atoms with Gasteiger partial charge in [0, 0.05) is 23.6 Å². The summed E-state index contributed by atoms with van der Waals surface area (Å²) in [5.41, 5.74) is 1.91. The van der Waals surface area contributed by atoms with Gasteiger partial charge in [0.25, 0.3) is 10.0 Å². The van der Waals surface area contributed by atoms with Crippen molar-refractivity contribution in [2.24, 2.45) is 0 Å². The van der Waals surface area contributed by atoms with Gasteiger partial charge >= 0.3 is 0 Å². The highest BCUT2D eigenvalue weighted by molar-refractivity contribution is 9.10. The molecule has 0 saturated carbocycles. The monoisotopic (exact) mass is 389 g/mol. The largest absolute Gasteiger partial charge is 0.496 e. The molecule has 0 unspecified atom stereocenters. The molecule has 7 heteroatoms. The Morgan fingerprint density at radius 3 is 2.62 bits per heavy atom. The Bertz CT molecular complexity index is 740. The third-order valence-electron chi connectivity index (χ3n) is 3.06. The molecule has 0 spiro atoms. The summed E-state index contributed by atoms with van der Waals surface area (Å²) in [7, 11) is -0.358. The topological polar surface area (TPSA) is 46.6 Å². The minimum absolute atomic E-state index is 0.261. The molecule has 0 saturated heterocycles. The highest BCUT2D eigenvalue weighted by Crippen LogP contribution is 2.31. The van der Waals surface area contributed by atoms with Gasteiger partial charge in [0.05, 0.1) is 7.11 Å². The molecule has 4 nitrogen and oxygen atoms in total. The number of hydrogen-bond donors (Lipinski definition) is 0. The van der Waals surface area contributed by atoms with Gasteiger partial charge in [-0.15, -0.1) is 11.3 Å². The number of nitrogens with zero attached hydrogens (tertiary/aromatic N) is 1. The van der Waals surface area contributed by atoms with Crippen LogP contribution in [0.3, 0.4) is 0 Å². The van der Waals surface area contributed by atoms with E-state index in [0.717, 1.165) is 11.1 Å². The van der Waals surface area contributed by atoms with Gasteiger partial charge in [-0.3, -0.25) is 0 Å². The summed E-state index contributed by atoms with van der Waals surface area (Å²) in [4.78, 5) is 0. The lowest BCUT2D eigenvalue weighted by Crippen LogP contribution is -2.26. The van der Waals surface area contributed by atoms with Gasteiger partial charge in [0.15, 0.2) is 0 Å². The normalized spacial score (nSPS) is 11.9. The summed E-state index contributed by atoms with van der Waals surface area (Å²) in [6.45, 7) is 2.23. The molecule has 0 aliphatic carbocycles. The second-order valence-electron chi connectivity index (χ2n) is 4.63. The van der Waals surface area contributed by atoms with E-state index in [9.17, 15) is 8.42 Å². The van der Waals surface area contributed by atoms with Gasteiger partial charge in [-0.05, 0) is 40.4 Å². The maximum absolute atomic E-state index is 12.6. The van der Waals surface area contributed by atoms with E-state index >= 15 is 0 Å². The van der Waals surface area contributed by atoms with Crippen molar-refractivity contribution in [3.8, 4) is 5.75 Å². The number of benzene rings is 1. The minimum Gasteiger partial charge on any atom is -0.496 e. The molecule has 1 heterocycles. The molecule has 0 bridgehead atoms. The third kappa shape index (κ3) is 3.48. The highest BCUT2D eigenvalue weighted by Gasteiger charge is 2.25. The lowest BCUT2D eigenvalue weighted by molar-refractivity contribution is 0.398. The molecule has 21 heavy (non-hydrogen) atoms. The molecule has 2 rings (SSSR count). The second-order valence-corrected chi connectivity index (χ2v) is 8.64. The van der Waals surface area contributed by atoms with E-state index in [1.165, 1.54) is 15.6 Å². The summed E-state index contributed by atoms with van der Waals surface area (Å²) in [6.07, 6.45) is 0. The van der Waals surface area contributed by atoms with Crippen molar-refractivity contribution in [2.45, 2.75) is 17.7 Å². The van der Waals surface area contributed by atoms with Crippen LogP contribution in [0.25, 0.3) is 0 Å². The first-order valence-electron chi connectivity index (χ1n) is 6.19. The predicted molar refractivity (Wildman–Crippen MR) is 88.4 cm³/mol. The van der Waals surface area contributed by atoms with E-state index < -0.39 is 10.0 Å². The molecule has 1 aromatic heterocycles. The summed E-state index contributed by atoms with van der Waals surface area (Å²) in [6, 6.07) is 7.46. The Kier molecular flexibility index (Phi) is 5.08. The minimum atomic E-state index is -3.51. The number of aryl methyl sites for hydroxylation is 1. The summed E-state index contributed by atoms with van der Waals surface area (Å²) in [5.74, 6) is 0.688. The summed E-state index contributed by atoms with van der Waals surface area (Å²) < 4.78 is 32.7. The van der Waals surface area contributed by atoms with Crippen molar-refractivity contribution < 1.29 is 13.2 Å². The molecule has 2 aromatic rings. The zero-order valence-corrected chi connectivity index (χ0v) is 15.2. The average Bonchev–Trinajstić information content (AvgIpc) is 2.86. The van der Waals surface area contributed by atoms with Gasteiger partial charge < -0.3 is 4.74 Å². The SMILES string of the molecule is COc1ccc(C)cc1CN(C)S(=O)(=O)c1sccc1Br. The number of methoxy groups -OCH3 is 1. The number of thiophene rings is 1. The van der Waals surface area contributed by atoms with E-state index in [1.54, 1.807) is 25.6 Å². The van der Waals surface area contributed by atoms with Crippen molar-refractivity contribution in [2.75, 3.05) is 14.2 Å². The first kappa shape index (κ1) is 16.5. The van der Waals surface area contributed by atoms with E-state index in [1.807, 2.05) is 25.1 Å².